The molecule has 4 nitrogen and oxygen atoms in total. The molecule has 0 saturated carbocycles. The van der Waals surface area contributed by atoms with Crippen molar-refractivity contribution in [2.75, 3.05) is 0 Å². The molecule has 2 aromatic heterocycles. The lowest BCUT2D eigenvalue weighted by molar-refractivity contribution is 1.02. The second kappa shape index (κ2) is 8.07. The first-order chi connectivity index (χ1) is 17.8. The summed E-state index contributed by atoms with van der Waals surface area (Å²) in [5.41, 5.74) is 8.89. The molecule has 0 aliphatic carbocycles. The zero-order valence-electron chi connectivity index (χ0n) is 19.4. The average Bonchev–Trinajstić information content (AvgIpc) is 3.34. The molecule has 0 N–H and O–H groups in total. The van der Waals surface area contributed by atoms with Crippen molar-refractivity contribution in [3.05, 3.63) is 138 Å². The fourth-order valence-electron chi connectivity index (χ4n) is 5.06. The third-order valence-corrected chi connectivity index (χ3v) is 6.71. The number of nitrogens with zero attached hydrogens (tertiary/aromatic N) is 3. The van der Waals surface area contributed by atoms with Crippen molar-refractivity contribution in [2.24, 2.45) is 0 Å². The Morgan fingerprint density at radius 3 is 1.67 bits per heavy atom. The molecule has 7 aromatic rings. The topological polar surface area (TPSA) is 39.3 Å². The maximum atomic E-state index is 14.1. The number of rotatable bonds is 3. The van der Waals surface area contributed by atoms with Crippen molar-refractivity contribution in [2.45, 2.75) is 0 Å². The van der Waals surface area contributed by atoms with E-state index in [2.05, 4.69) is 42.5 Å². The largest absolute Gasteiger partial charge is 0.299 e. The summed E-state index contributed by atoms with van der Waals surface area (Å²) in [6.45, 7) is 0. The molecule has 2 heterocycles. The lowest BCUT2D eigenvalue weighted by atomic mass is 9.98. The second-order valence-electron chi connectivity index (χ2n) is 8.89. The van der Waals surface area contributed by atoms with Gasteiger partial charge in [-0.2, -0.15) is 0 Å². The summed E-state index contributed by atoms with van der Waals surface area (Å²) in [6.07, 6.45) is 0. The van der Waals surface area contributed by atoms with E-state index in [0.29, 0.717) is 5.65 Å². The van der Waals surface area contributed by atoms with Crippen molar-refractivity contribution in [1.82, 2.24) is 14.0 Å². The van der Waals surface area contributed by atoms with Crippen LogP contribution in [0, 0.1) is 0 Å². The minimum absolute atomic E-state index is 0.144. The molecular weight excluding hydrogens is 442 g/mol. The predicted molar refractivity (Wildman–Crippen MR) is 147 cm³/mol. The smallest absolute Gasteiger partial charge is 0.286 e. The quantitative estimate of drug-likeness (QED) is 0.280. The first-order valence-corrected chi connectivity index (χ1v) is 12.0. The molecule has 36 heavy (non-hydrogen) atoms. The van der Waals surface area contributed by atoms with E-state index in [1.165, 1.54) is 0 Å². The Hall–Kier alpha value is -4.96. The van der Waals surface area contributed by atoms with Gasteiger partial charge in [-0.1, -0.05) is 84.9 Å². The van der Waals surface area contributed by atoms with E-state index >= 15 is 0 Å². The van der Waals surface area contributed by atoms with Crippen LogP contribution in [-0.2, 0) is 0 Å². The first kappa shape index (κ1) is 20.4. The number of para-hydroxylation sites is 4. The van der Waals surface area contributed by atoms with Gasteiger partial charge < -0.3 is 0 Å². The van der Waals surface area contributed by atoms with Gasteiger partial charge in [-0.05, 0) is 64.7 Å². The molecule has 4 heteroatoms. The van der Waals surface area contributed by atoms with Crippen molar-refractivity contribution in [3.63, 3.8) is 0 Å². The standard InChI is InChI=1S/C32H21N3O/c36-32-31-33-27-15-7-8-16-28(27)35(31)30-18-10-9-17-29(30)34(32)26-20-24(22-11-3-1-4-12-22)19-25(21-26)23-13-5-2-6-14-23/h1-21H. The van der Waals surface area contributed by atoms with Crippen LogP contribution in [0.25, 0.3) is 55.7 Å². The van der Waals surface area contributed by atoms with E-state index in [4.69, 9.17) is 4.98 Å². The van der Waals surface area contributed by atoms with Crippen LogP contribution < -0.4 is 5.56 Å². The van der Waals surface area contributed by atoms with Gasteiger partial charge in [0.2, 0.25) is 5.65 Å². The predicted octanol–water partition coefficient (Wildman–Crippen LogP) is 7.13. The van der Waals surface area contributed by atoms with Crippen molar-refractivity contribution < 1.29 is 0 Å². The molecule has 0 aliphatic rings. The normalized spacial score (nSPS) is 11.4. The van der Waals surface area contributed by atoms with Crippen LogP contribution in [0.4, 0.5) is 0 Å². The average molecular weight is 464 g/mol. The second-order valence-corrected chi connectivity index (χ2v) is 8.89. The monoisotopic (exact) mass is 463 g/mol. The van der Waals surface area contributed by atoms with Crippen LogP contribution in [0.1, 0.15) is 0 Å². The van der Waals surface area contributed by atoms with E-state index in [1.54, 1.807) is 4.57 Å². The van der Waals surface area contributed by atoms with Gasteiger partial charge in [0.15, 0.2) is 0 Å². The molecule has 5 aromatic carbocycles. The molecule has 0 fully saturated rings. The fourth-order valence-corrected chi connectivity index (χ4v) is 5.06. The summed E-state index contributed by atoms with van der Waals surface area (Å²) in [7, 11) is 0. The number of benzene rings is 5. The zero-order chi connectivity index (χ0) is 24.1. The Labute approximate surface area is 207 Å². The number of hydrogen-bond acceptors (Lipinski definition) is 2. The van der Waals surface area contributed by atoms with E-state index in [0.717, 1.165) is 50.0 Å². The van der Waals surface area contributed by atoms with Crippen LogP contribution in [0.15, 0.2) is 132 Å². The van der Waals surface area contributed by atoms with E-state index in [-0.39, 0.29) is 5.56 Å². The summed E-state index contributed by atoms with van der Waals surface area (Å²) in [6, 6.07) is 42.8. The van der Waals surface area contributed by atoms with Gasteiger partial charge in [0.05, 0.1) is 27.8 Å². The third kappa shape index (κ3) is 3.16. The summed E-state index contributed by atoms with van der Waals surface area (Å²) < 4.78 is 3.78. The fraction of sp³-hybridized carbons (Fsp3) is 0. The van der Waals surface area contributed by atoms with Gasteiger partial charge >= 0.3 is 0 Å². The molecule has 0 spiro atoms. The highest BCUT2D eigenvalue weighted by Crippen LogP contribution is 2.31. The molecule has 7 rings (SSSR count). The van der Waals surface area contributed by atoms with Crippen molar-refractivity contribution >= 4 is 27.7 Å². The SMILES string of the molecule is O=c1c2nc3ccccc3n2c2ccccc2n1-c1cc(-c2ccccc2)cc(-c2ccccc2)c1. The Morgan fingerprint density at radius 1 is 0.500 bits per heavy atom. The Balaban J connectivity index is 1.61. The Morgan fingerprint density at radius 2 is 1.03 bits per heavy atom. The lowest BCUT2D eigenvalue weighted by Gasteiger charge is -2.16. The van der Waals surface area contributed by atoms with E-state index < -0.39 is 0 Å². The summed E-state index contributed by atoms with van der Waals surface area (Å²) in [5, 5.41) is 0. The van der Waals surface area contributed by atoms with Crippen LogP contribution in [0.5, 0.6) is 0 Å². The van der Waals surface area contributed by atoms with Crippen LogP contribution in [0.2, 0.25) is 0 Å². The Bertz CT molecular complexity index is 1890. The maximum absolute atomic E-state index is 14.1. The highest BCUT2D eigenvalue weighted by Gasteiger charge is 2.17. The van der Waals surface area contributed by atoms with E-state index in [1.807, 2.05) is 89.3 Å². The summed E-state index contributed by atoms with van der Waals surface area (Å²) in [5.74, 6) is 0. The Kier molecular flexibility index (Phi) is 4.57. The molecule has 0 aliphatic heterocycles. The number of fused-ring (bicyclic) bond motifs is 5. The van der Waals surface area contributed by atoms with Gasteiger partial charge in [-0.3, -0.25) is 13.8 Å². The van der Waals surface area contributed by atoms with Crippen LogP contribution >= 0.6 is 0 Å². The van der Waals surface area contributed by atoms with Gasteiger partial charge in [-0.15, -0.1) is 0 Å². The minimum Gasteiger partial charge on any atom is -0.286 e. The highest BCUT2D eigenvalue weighted by molar-refractivity contribution is 5.90. The van der Waals surface area contributed by atoms with Gasteiger partial charge in [0, 0.05) is 0 Å². The number of imidazole rings is 1. The van der Waals surface area contributed by atoms with Gasteiger partial charge in [0.1, 0.15) is 0 Å². The third-order valence-electron chi connectivity index (χ3n) is 6.71. The lowest BCUT2D eigenvalue weighted by Crippen LogP contribution is -2.22. The van der Waals surface area contributed by atoms with Gasteiger partial charge in [-0.25, -0.2) is 4.98 Å². The van der Waals surface area contributed by atoms with Crippen LogP contribution in [0.3, 0.4) is 0 Å². The van der Waals surface area contributed by atoms with Crippen molar-refractivity contribution in [1.29, 1.82) is 0 Å². The molecule has 0 amide bonds. The number of hydrogen-bond donors (Lipinski definition) is 0. The molecule has 0 saturated heterocycles. The molecule has 0 bridgehead atoms. The maximum Gasteiger partial charge on any atom is 0.299 e. The summed E-state index contributed by atoms with van der Waals surface area (Å²) >= 11 is 0. The molecule has 0 radical (unpaired) electrons. The minimum atomic E-state index is -0.144. The summed E-state index contributed by atoms with van der Waals surface area (Å²) in [4.78, 5) is 18.8. The molecule has 0 unspecified atom stereocenters. The molecular formula is C32H21N3O. The van der Waals surface area contributed by atoms with Gasteiger partial charge in [0.25, 0.3) is 5.56 Å². The first-order valence-electron chi connectivity index (χ1n) is 12.0. The molecule has 170 valence electrons. The number of aromatic nitrogens is 3. The van der Waals surface area contributed by atoms with E-state index in [9.17, 15) is 4.79 Å². The zero-order valence-corrected chi connectivity index (χ0v) is 19.4. The highest BCUT2D eigenvalue weighted by atomic mass is 16.1. The molecule has 0 atom stereocenters. The van der Waals surface area contributed by atoms with Crippen molar-refractivity contribution in [3.8, 4) is 27.9 Å². The van der Waals surface area contributed by atoms with Crippen LogP contribution in [-0.4, -0.2) is 14.0 Å².